The summed E-state index contributed by atoms with van der Waals surface area (Å²) in [6.07, 6.45) is 0.705. The van der Waals surface area contributed by atoms with Gasteiger partial charge in [-0.3, -0.25) is 4.21 Å². The second-order valence-corrected chi connectivity index (χ2v) is 8.25. The van der Waals surface area contributed by atoms with Crippen LogP contribution in [0, 0.1) is 0 Å². The Balaban J connectivity index is 1.73. The Hall–Kier alpha value is -2.23. The topological polar surface area (TPSA) is 37.3 Å². The third kappa shape index (κ3) is 2.74. The molecule has 3 atom stereocenters. The first-order valence-corrected chi connectivity index (χ1v) is 9.76. The van der Waals surface area contributed by atoms with E-state index in [1.54, 1.807) is 0 Å². The van der Waals surface area contributed by atoms with E-state index in [9.17, 15) is 9.32 Å². The predicted molar refractivity (Wildman–Crippen MR) is 102 cm³/mol. The Labute approximate surface area is 150 Å². The number of hydrogen-bond acceptors (Lipinski definition) is 2. The molecule has 0 aromatic heterocycles. The fourth-order valence-corrected chi connectivity index (χ4v) is 5.50. The van der Waals surface area contributed by atoms with Gasteiger partial charge < -0.3 is 5.11 Å². The molecule has 1 fully saturated rings. The van der Waals surface area contributed by atoms with Crippen LogP contribution in [0.15, 0.2) is 91.0 Å². The number of rotatable bonds is 4. The first-order chi connectivity index (χ1) is 12.2. The molecule has 0 amide bonds. The maximum Gasteiger partial charge on any atom is 0.129 e. The van der Waals surface area contributed by atoms with Crippen molar-refractivity contribution in [1.82, 2.24) is 0 Å². The fourth-order valence-electron chi connectivity index (χ4n) is 3.66. The Morgan fingerprint density at radius 1 is 0.760 bits per heavy atom. The number of benzene rings is 3. The van der Waals surface area contributed by atoms with E-state index in [1.165, 1.54) is 0 Å². The van der Waals surface area contributed by atoms with Crippen LogP contribution in [0.25, 0.3) is 0 Å². The van der Waals surface area contributed by atoms with E-state index in [0.29, 0.717) is 6.42 Å². The van der Waals surface area contributed by atoms with Gasteiger partial charge in [0.1, 0.15) is 5.60 Å². The van der Waals surface area contributed by atoms with E-state index >= 15 is 0 Å². The van der Waals surface area contributed by atoms with Crippen LogP contribution < -0.4 is 0 Å². The Kier molecular flexibility index (Phi) is 4.28. The van der Waals surface area contributed by atoms with Gasteiger partial charge in [-0.15, -0.1) is 0 Å². The summed E-state index contributed by atoms with van der Waals surface area (Å²) in [5.41, 5.74) is 1.44. The van der Waals surface area contributed by atoms with Crippen molar-refractivity contribution in [2.45, 2.75) is 22.5 Å². The Bertz CT molecular complexity index is 823. The molecule has 0 aliphatic carbocycles. The van der Waals surface area contributed by atoms with Crippen molar-refractivity contribution >= 4 is 10.8 Å². The average molecular weight is 348 g/mol. The zero-order chi connectivity index (χ0) is 17.3. The molecule has 25 heavy (non-hydrogen) atoms. The third-order valence-corrected chi connectivity index (χ3v) is 7.17. The lowest BCUT2D eigenvalue weighted by molar-refractivity contribution is 0.0674. The van der Waals surface area contributed by atoms with Gasteiger partial charge in [-0.2, -0.15) is 0 Å². The first-order valence-electron chi connectivity index (χ1n) is 8.49. The average Bonchev–Trinajstić information content (AvgIpc) is 2.69. The molecule has 2 nitrogen and oxygen atoms in total. The molecule has 1 saturated heterocycles. The molecule has 3 aromatic carbocycles. The lowest BCUT2D eigenvalue weighted by atomic mass is 9.80. The molecule has 3 aromatic rings. The molecule has 1 heterocycles. The fraction of sp³-hybridized carbons (Fsp3) is 0.182. The maximum atomic E-state index is 13.1. The van der Waals surface area contributed by atoms with Gasteiger partial charge in [0, 0.05) is 10.8 Å². The van der Waals surface area contributed by atoms with Gasteiger partial charge >= 0.3 is 0 Å². The SMILES string of the molecule is O=[S@@]1[C@H](C(O)(c2ccccc2)c2ccccc2)C[C@H]1c1ccccc1. The normalized spacial score (nSPS) is 23.0. The number of hydrogen-bond donors (Lipinski definition) is 1. The molecule has 126 valence electrons. The molecule has 4 rings (SSSR count). The van der Waals surface area contributed by atoms with Crippen molar-refractivity contribution in [3.63, 3.8) is 0 Å². The summed E-state index contributed by atoms with van der Waals surface area (Å²) >= 11 is 0. The highest BCUT2D eigenvalue weighted by molar-refractivity contribution is 7.87. The van der Waals surface area contributed by atoms with E-state index in [0.717, 1.165) is 16.7 Å². The monoisotopic (exact) mass is 348 g/mol. The van der Waals surface area contributed by atoms with Gasteiger partial charge in [0.05, 0.1) is 10.5 Å². The van der Waals surface area contributed by atoms with Crippen LogP contribution in [0.5, 0.6) is 0 Å². The molecular weight excluding hydrogens is 328 g/mol. The largest absolute Gasteiger partial charge is 0.379 e. The van der Waals surface area contributed by atoms with E-state index in [-0.39, 0.29) is 10.5 Å². The van der Waals surface area contributed by atoms with E-state index in [1.807, 2.05) is 91.0 Å². The molecule has 3 heteroatoms. The van der Waals surface area contributed by atoms with Crippen molar-refractivity contribution in [3.8, 4) is 0 Å². The van der Waals surface area contributed by atoms with E-state index < -0.39 is 16.4 Å². The summed E-state index contributed by atoms with van der Waals surface area (Å²) in [5, 5.41) is 11.4. The van der Waals surface area contributed by atoms with Crippen molar-refractivity contribution in [2.24, 2.45) is 0 Å². The van der Waals surface area contributed by atoms with Crippen molar-refractivity contribution < 1.29 is 9.32 Å². The molecule has 1 aliphatic rings. The van der Waals surface area contributed by atoms with Gasteiger partial charge in [-0.25, -0.2) is 0 Å². The molecule has 0 bridgehead atoms. The van der Waals surface area contributed by atoms with Crippen LogP contribution in [-0.4, -0.2) is 14.6 Å². The van der Waals surface area contributed by atoms with Crippen LogP contribution in [-0.2, 0) is 16.4 Å². The van der Waals surface area contributed by atoms with Gasteiger partial charge in [0.15, 0.2) is 0 Å². The Morgan fingerprint density at radius 3 is 1.64 bits per heavy atom. The van der Waals surface area contributed by atoms with Crippen LogP contribution in [0.2, 0.25) is 0 Å². The van der Waals surface area contributed by atoms with Gasteiger partial charge in [-0.1, -0.05) is 91.0 Å². The summed E-state index contributed by atoms with van der Waals surface area (Å²) in [6, 6.07) is 29.1. The summed E-state index contributed by atoms with van der Waals surface area (Å²) < 4.78 is 13.1. The molecule has 0 saturated carbocycles. The molecule has 0 unspecified atom stereocenters. The standard InChI is InChI=1S/C22H20O2S/c23-22(18-12-6-2-7-13-18,19-14-8-3-9-15-19)21-16-20(25(21)24)17-10-4-1-5-11-17/h1-15,20-21,23H,16H2/t20-,21-,25-/m0/s1. The molecule has 0 radical (unpaired) electrons. The molecule has 0 spiro atoms. The third-order valence-electron chi connectivity index (χ3n) is 5.05. The lowest BCUT2D eigenvalue weighted by Crippen LogP contribution is -2.51. The van der Waals surface area contributed by atoms with Gasteiger partial charge in [-0.05, 0) is 23.1 Å². The Morgan fingerprint density at radius 2 is 1.20 bits per heavy atom. The minimum Gasteiger partial charge on any atom is -0.379 e. The minimum atomic E-state index is -1.24. The molecular formula is C22H20O2S. The zero-order valence-electron chi connectivity index (χ0n) is 13.8. The second-order valence-electron chi connectivity index (χ2n) is 6.45. The molecule has 1 aliphatic heterocycles. The summed E-state index contributed by atoms with van der Waals surface area (Å²) in [5.74, 6) is 0. The van der Waals surface area contributed by atoms with Crippen molar-refractivity contribution in [1.29, 1.82) is 0 Å². The van der Waals surface area contributed by atoms with Gasteiger partial charge in [0.2, 0.25) is 0 Å². The summed E-state index contributed by atoms with van der Waals surface area (Å²) in [6.45, 7) is 0. The highest BCUT2D eigenvalue weighted by Crippen LogP contribution is 2.49. The quantitative estimate of drug-likeness (QED) is 0.768. The minimum absolute atomic E-state index is 0.00912. The van der Waals surface area contributed by atoms with Crippen LogP contribution >= 0.6 is 0 Å². The van der Waals surface area contributed by atoms with Crippen LogP contribution in [0.3, 0.4) is 0 Å². The van der Waals surface area contributed by atoms with E-state index in [2.05, 4.69) is 0 Å². The number of aliphatic hydroxyl groups is 1. The van der Waals surface area contributed by atoms with Crippen LogP contribution in [0.4, 0.5) is 0 Å². The maximum absolute atomic E-state index is 13.1. The van der Waals surface area contributed by atoms with Crippen molar-refractivity contribution in [3.05, 3.63) is 108 Å². The smallest absolute Gasteiger partial charge is 0.129 e. The molecule has 1 N–H and O–H groups in total. The summed E-state index contributed by atoms with van der Waals surface area (Å²) in [7, 11) is -1.14. The highest BCUT2D eigenvalue weighted by Gasteiger charge is 2.52. The second kappa shape index (κ2) is 6.58. The van der Waals surface area contributed by atoms with Gasteiger partial charge in [0.25, 0.3) is 0 Å². The highest BCUT2D eigenvalue weighted by atomic mass is 32.2. The zero-order valence-corrected chi connectivity index (χ0v) is 14.6. The lowest BCUT2D eigenvalue weighted by Gasteiger charge is -2.45. The first kappa shape index (κ1) is 16.2. The predicted octanol–water partition coefficient (Wildman–Crippen LogP) is 4.18. The summed E-state index contributed by atoms with van der Waals surface area (Å²) in [4.78, 5) is 0. The van der Waals surface area contributed by atoms with Crippen LogP contribution in [0.1, 0.15) is 28.4 Å². The van der Waals surface area contributed by atoms with Crippen molar-refractivity contribution in [2.75, 3.05) is 0 Å². The van der Waals surface area contributed by atoms with E-state index in [4.69, 9.17) is 0 Å².